The first-order valence-corrected chi connectivity index (χ1v) is 7.16. The lowest BCUT2D eigenvalue weighted by Crippen LogP contribution is -2.35. The highest BCUT2D eigenvalue weighted by Crippen LogP contribution is 2.33. The normalized spacial score (nSPS) is 13.5. The van der Waals surface area contributed by atoms with Crippen LogP contribution < -0.4 is 5.32 Å². The predicted octanol–water partition coefficient (Wildman–Crippen LogP) is 3.47. The molecule has 3 nitrogen and oxygen atoms in total. The number of benzene rings is 1. The fraction of sp³-hybridized carbons (Fsp3) is 0.571. The van der Waals surface area contributed by atoms with Crippen LogP contribution in [0.5, 0.6) is 0 Å². The van der Waals surface area contributed by atoms with Gasteiger partial charge in [0.15, 0.2) is 0 Å². The third-order valence-corrected chi connectivity index (χ3v) is 3.50. The van der Waals surface area contributed by atoms with Gasteiger partial charge in [-0.15, -0.1) is 0 Å². The van der Waals surface area contributed by atoms with Gasteiger partial charge in [-0.3, -0.25) is 0 Å². The van der Waals surface area contributed by atoms with E-state index in [4.69, 9.17) is 11.6 Å². The SMILES string of the molecule is CCN(CC)CC(O)CNc1ccc(C(F)(F)F)cc1Cl. The summed E-state index contributed by atoms with van der Waals surface area (Å²) in [5, 5.41) is 12.7. The number of anilines is 1. The smallest absolute Gasteiger partial charge is 0.390 e. The molecule has 1 rings (SSSR count). The minimum Gasteiger partial charge on any atom is -0.390 e. The van der Waals surface area contributed by atoms with E-state index >= 15 is 0 Å². The number of nitrogens with one attached hydrogen (secondary N) is 1. The molecule has 0 spiro atoms. The summed E-state index contributed by atoms with van der Waals surface area (Å²) >= 11 is 5.82. The minimum absolute atomic E-state index is 0.0140. The highest BCUT2D eigenvalue weighted by molar-refractivity contribution is 6.33. The van der Waals surface area contributed by atoms with Crippen LogP contribution in [0.1, 0.15) is 19.4 Å². The number of aliphatic hydroxyl groups excluding tert-OH is 1. The quantitative estimate of drug-likeness (QED) is 0.806. The molecule has 0 aliphatic rings. The molecule has 0 radical (unpaired) electrons. The maximum absolute atomic E-state index is 12.5. The standard InChI is InChI=1S/C14H20ClF3N2O/c1-3-20(4-2)9-11(21)8-19-13-6-5-10(7-12(13)15)14(16,17)18/h5-7,11,19,21H,3-4,8-9H2,1-2H3. The van der Waals surface area contributed by atoms with E-state index in [1.165, 1.54) is 6.07 Å². The van der Waals surface area contributed by atoms with Crippen LogP contribution in [0.15, 0.2) is 18.2 Å². The van der Waals surface area contributed by atoms with Gasteiger partial charge in [0.05, 0.1) is 22.4 Å². The Hall–Kier alpha value is -0.980. The number of likely N-dealkylation sites (N-methyl/N-ethyl adjacent to an activating group) is 1. The van der Waals surface area contributed by atoms with Crippen LogP contribution in [-0.4, -0.2) is 42.3 Å². The molecular weight excluding hydrogens is 305 g/mol. The number of aliphatic hydroxyl groups is 1. The van der Waals surface area contributed by atoms with Gasteiger partial charge in [0.2, 0.25) is 0 Å². The van der Waals surface area contributed by atoms with Crippen molar-refractivity contribution in [1.29, 1.82) is 0 Å². The topological polar surface area (TPSA) is 35.5 Å². The Labute approximate surface area is 127 Å². The number of nitrogens with zero attached hydrogens (tertiary/aromatic N) is 1. The molecule has 0 saturated carbocycles. The number of hydrogen-bond donors (Lipinski definition) is 2. The monoisotopic (exact) mass is 324 g/mol. The Bertz CT molecular complexity index is 450. The van der Waals surface area contributed by atoms with Gasteiger partial charge in [-0.25, -0.2) is 0 Å². The van der Waals surface area contributed by atoms with Crippen molar-refractivity contribution in [1.82, 2.24) is 4.90 Å². The Balaban J connectivity index is 2.60. The second-order valence-electron chi connectivity index (χ2n) is 4.71. The molecule has 2 N–H and O–H groups in total. The van der Waals surface area contributed by atoms with Crippen molar-refractivity contribution in [2.24, 2.45) is 0 Å². The van der Waals surface area contributed by atoms with E-state index in [2.05, 4.69) is 10.2 Å². The van der Waals surface area contributed by atoms with Gasteiger partial charge in [0.1, 0.15) is 0 Å². The molecule has 1 unspecified atom stereocenters. The minimum atomic E-state index is -4.41. The number of halogens is 4. The van der Waals surface area contributed by atoms with E-state index in [0.29, 0.717) is 12.2 Å². The maximum Gasteiger partial charge on any atom is 0.416 e. The third kappa shape index (κ3) is 5.73. The van der Waals surface area contributed by atoms with Crippen molar-refractivity contribution in [3.05, 3.63) is 28.8 Å². The lowest BCUT2D eigenvalue weighted by molar-refractivity contribution is -0.137. The van der Waals surface area contributed by atoms with E-state index in [0.717, 1.165) is 25.2 Å². The molecule has 120 valence electrons. The fourth-order valence-corrected chi connectivity index (χ4v) is 2.15. The van der Waals surface area contributed by atoms with Crippen LogP contribution in [0, 0.1) is 0 Å². The van der Waals surface area contributed by atoms with E-state index in [1.807, 2.05) is 13.8 Å². The molecule has 1 aromatic rings. The zero-order valence-corrected chi connectivity index (χ0v) is 12.8. The van der Waals surface area contributed by atoms with Crippen molar-refractivity contribution in [3.8, 4) is 0 Å². The first-order valence-electron chi connectivity index (χ1n) is 6.79. The molecule has 0 saturated heterocycles. The van der Waals surface area contributed by atoms with E-state index < -0.39 is 17.8 Å². The molecule has 1 aromatic carbocycles. The van der Waals surface area contributed by atoms with Crippen molar-refractivity contribution >= 4 is 17.3 Å². The Morgan fingerprint density at radius 3 is 2.38 bits per heavy atom. The second-order valence-corrected chi connectivity index (χ2v) is 5.12. The van der Waals surface area contributed by atoms with Crippen LogP contribution in [-0.2, 0) is 6.18 Å². The Morgan fingerprint density at radius 1 is 1.29 bits per heavy atom. The zero-order valence-electron chi connectivity index (χ0n) is 12.0. The second kappa shape index (κ2) is 7.87. The highest BCUT2D eigenvalue weighted by Gasteiger charge is 2.30. The van der Waals surface area contributed by atoms with Gasteiger partial charge in [0.25, 0.3) is 0 Å². The number of alkyl halides is 3. The number of rotatable bonds is 7. The maximum atomic E-state index is 12.5. The van der Waals surface area contributed by atoms with Crippen LogP contribution in [0.3, 0.4) is 0 Å². The summed E-state index contributed by atoms with van der Waals surface area (Å²) in [5.41, 5.74) is -0.412. The third-order valence-electron chi connectivity index (χ3n) is 3.19. The fourth-order valence-electron chi connectivity index (χ4n) is 1.91. The van der Waals surface area contributed by atoms with Crippen LogP contribution in [0.4, 0.5) is 18.9 Å². The van der Waals surface area contributed by atoms with Crippen molar-refractivity contribution < 1.29 is 18.3 Å². The van der Waals surface area contributed by atoms with Gasteiger partial charge in [-0.05, 0) is 31.3 Å². The molecule has 0 fully saturated rings. The lowest BCUT2D eigenvalue weighted by Gasteiger charge is -2.22. The van der Waals surface area contributed by atoms with Crippen molar-refractivity contribution in [2.75, 3.05) is 31.5 Å². The van der Waals surface area contributed by atoms with Crippen LogP contribution in [0.25, 0.3) is 0 Å². The molecule has 0 bridgehead atoms. The van der Waals surface area contributed by atoms with Crippen molar-refractivity contribution in [2.45, 2.75) is 26.1 Å². The zero-order chi connectivity index (χ0) is 16.0. The van der Waals surface area contributed by atoms with Crippen molar-refractivity contribution in [3.63, 3.8) is 0 Å². The Morgan fingerprint density at radius 2 is 1.90 bits per heavy atom. The summed E-state index contributed by atoms with van der Waals surface area (Å²) in [5.74, 6) is 0. The van der Waals surface area contributed by atoms with E-state index in [9.17, 15) is 18.3 Å². The first-order chi connectivity index (χ1) is 9.77. The van der Waals surface area contributed by atoms with Gasteiger partial charge < -0.3 is 15.3 Å². The molecule has 7 heteroatoms. The summed E-state index contributed by atoms with van der Waals surface area (Å²) in [4.78, 5) is 2.06. The lowest BCUT2D eigenvalue weighted by atomic mass is 10.2. The first kappa shape index (κ1) is 18.1. The average Bonchev–Trinajstić information content (AvgIpc) is 2.42. The predicted molar refractivity (Wildman–Crippen MR) is 78.7 cm³/mol. The van der Waals surface area contributed by atoms with E-state index in [-0.39, 0.29) is 11.6 Å². The van der Waals surface area contributed by atoms with Gasteiger partial charge in [0, 0.05) is 13.1 Å². The summed E-state index contributed by atoms with van der Waals surface area (Å²) in [6.45, 7) is 6.37. The largest absolute Gasteiger partial charge is 0.416 e. The van der Waals surface area contributed by atoms with Crippen LogP contribution >= 0.6 is 11.6 Å². The molecule has 0 heterocycles. The molecular formula is C14H20ClF3N2O. The molecule has 1 atom stereocenters. The van der Waals surface area contributed by atoms with E-state index in [1.54, 1.807) is 0 Å². The molecule has 0 amide bonds. The summed E-state index contributed by atoms with van der Waals surface area (Å²) < 4.78 is 37.5. The van der Waals surface area contributed by atoms with Gasteiger partial charge >= 0.3 is 6.18 Å². The Kier molecular flexibility index (Phi) is 6.77. The molecule has 0 aromatic heterocycles. The number of hydrogen-bond acceptors (Lipinski definition) is 3. The summed E-state index contributed by atoms with van der Waals surface area (Å²) in [6, 6.07) is 3.11. The van der Waals surface area contributed by atoms with Gasteiger partial charge in [-0.2, -0.15) is 13.2 Å². The molecule has 0 aliphatic carbocycles. The van der Waals surface area contributed by atoms with Crippen LogP contribution in [0.2, 0.25) is 5.02 Å². The summed E-state index contributed by atoms with van der Waals surface area (Å²) in [6.07, 6.45) is -5.03. The highest BCUT2D eigenvalue weighted by atomic mass is 35.5. The average molecular weight is 325 g/mol. The van der Waals surface area contributed by atoms with Gasteiger partial charge in [-0.1, -0.05) is 25.4 Å². The molecule has 0 aliphatic heterocycles. The molecule has 21 heavy (non-hydrogen) atoms. The summed E-state index contributed by atoms with van der Waals surface area (Å²) in [7, 11) is 0.